The quantitative estimate of drug-likeness (QED) is 0.346. The molecule has 3 rings (SSSR count). The minimum absolute atomic E-state index is 0.0321. The minimum Gasteiger partial charge on any atom is -0.391 e. The average Bonchev–Trinajstić information content (AvgIpc) is 3.63. The molecule has 7 heteroatoms. The number of aliphatic hydroxyl groups excluding tert-OH is 2. The Morgan fingerprint density at radius 1 is 1.24 bits per heavy atom. The first-order valence-corrected chi connectivity index (χ1v) is 11.9. The normalized spacial score (nSPS) is 18.1. The molecule has 1 amide bonds. The minimum atomic E-state index is -1.11. The van der Waals surface area contributed by atoms with Crippen molar-refractivity contribution in [1.29, 1.82) is 0 Å². The lowest BCUT2D eigenvalue weighted by molar-refractivity contribution is -0.131. The van der Waals surface area contributed by atoms with Crippen LogP contribution in [0.25, 0.3) is 0 Å². The lowest BCUT2D eigenvalue weighted by Gasteiger charge is -2.34. The average molecular weight is 494 g/mol. The van der Waals surface area contributed by atoms with Gasteiger partial charge in [0.2, 0.25) is 5.91 Å². The van der Waals surface area contributed by atoms with Crippen LogP contribution in [0.2, 0.25) is 10.0 Å². The van der Waals surface area contributed by atoms with E-state index in [0.717, 1.165) is 18.4 Å². The van der Waals surface area contributed by atoms with E-state index in [1.807, 2.05) is 6.07 Å². The van der Waals surface area contributed by atoms with Crippen molar-refractivity contribution in [2.24, 2.45) is 11.3 Å². The molecule has 1 fully saturated rings. The zero-order valence-electron chi connectivity index (χ0n) is 18.6. The number of rotatable bonds is 11. The summed E-state index contributed by atoms with van der Waals surface area (Å²) in [6, 6.07) is 11.3. The number of carbonyl (C=O) groups is 1. The van der Waals surface area contributed by atoms with Gasteiger partial charge in [-0.1, -0.05) is 54.4 Å². The summed E-state index contributed by atoms with van der Waals surface area (Å²) in [5, 5.41) is 24.8. The van der Waals surface area contributed by atoms with Crippen LogP contribution < -0.4 is 5.32 Å². The topological polar surface area (TPSA) is 69.6 Å². The number of amides is 1. The molecule has 3 N–H and O–H groups in total. The molecule has 4 atom stereocenters. The van der Waals surface area contributed by atoms with Crippen molar-refractivity contribution >= 4 is 29.1 Å². The highest BCUT2D eigenvalue weighted by molar-refractivity contribution is 6.31. The maximum atomic E-state index is 14.1. The largest absolute Gasteiger partial charge is 0.391 e. The lowest BCUT2D eigenvalue weighted by atomic mass is 9.72. The number of hydrogen-bond donors (Lipinski definition) is 3. The third-order valence-corrected chi connectivity index (χ3v) is 6.94. The van der Waals surface area contributed by atoms with E-state index < -0.39 is 29.4 Å². The van der Waals surface area contributed by atoms with E-state index in [1.165, 1.54) is 12.1 Å². The summed E-state index contributed by atoms with van der Waals surface area (Å²) in [5.41, 5.74) is 0.156. The van der Waals surface area contributed by atoms with Crippen LogP contribution in [0.5, 0.6) is 0 Å². The van der Waals surface area contributed by atoms with E-state index in [9.17, 15) is 19.4 Å². The van der Waals surface area contributed by atoms with E-state index >= 15 is 0 Å². The Kier molecular flexibility index (Phi) is 8.57. The van der Waals surface area contributed by atoms with E-state index in [-0.39, 0.29) is 29.8 Å². The molecule has 0 radical (unpaired) electrons. The molecule has 0 bridgehead atoms. The Morgan fingerprint density at radius 2 is 1.97 bits per heavy atom. The fraction of sp³-hybridized carbons (Fsp3) is 0.423. The zero-order chi connectivity index (χ0) is 24.2. The molecule has 0 aliphatic heterocycles. The van der Waals surface area contributed by atoms with Gasteiger partial charge in [0.25, 0.3) is 0 Å². The SMILES string of the molecule is C=CC[C@@](C)(C[C@H](c1cccc(Cl)c1)C(O)c1ccc(Cl)c(F)c1)C(=O)NC[C@H](O)C1CC1. The molecule has 1 aliphatic carbocycles. The Labute approximate surface area is 204 Å². The molecule has 0 aromatic heterocycles. The standard InChI is InChI=1S/C26H30Cl2FNO3/c1-3-11-26(2,25(33)30-15-23(31)16-7-8-16)14-20(17-5-4-6-19(27)12-17)24(32)18-9-10-21(28)22(29)13-18/h3-6,9-10,12-13,16,20,23-24,31-32H,1,7-8,11,14-15H2,2H3,(H,30,33)/t20-,23+,24?,26+/m1/s1. The zero-order valence-corrected chi connectivity index (χ0v) is 20.1. The molecule has 4 nitrogen and oxygen atoms in total. The van der Waals surface area contributed by atoms with Crippen molar-refractivity contribution in [2.75, 3.05) is 6.54 Å². The highest BCUT2D eigenvalue weighted by Gasteiger charge is 2.39. The van der Waals surface area contributed by atoms with Crippen molar-refractivity contribution in [3.05, 3.63) is 82.1 Å². The van der Waals surface area contributed by atoms with Crippen LogP contribution in [-0.2, 0) is 4.79 Å². The van der Waals surface area contributed by atoms with Gasteiger partial charge in [0.1, 0.15) is 5.82 Å². The fourth-order valence-electron chi connectivity index (χ4n) is 4.21. The van der Waals surface area contributed by atoms with Crippen molar-refractivity contribution in [3.63, 3.8) is 0 Å². The summed E-state index contributed by atoms with van der Waals surface area (Å²) in [5.74, 6) is -1.17. The third-order valence-electron chi connectivity index (χ3n) is 6.39. The first-order chi connectivity index (χ1) is 15.6. The Hall–Kier alpha value is -1.92. The molecule has 2 aromatic carbocycles. The molecule has 178 valence electrons. The predicted molar refractivity (Wildman–Crippen MR) is 130 cm³/mol. The molecule has 0 saturated heterocycles. The second-order valence-electron chi connectivity index (χ2n) is 9.15. The summed E-state index contributed by atoms with van der Waals surface area (Å²) in [6.07, 6.45) is 2.55. The van der Waals surface area contributed by atoms with Crippen LogP contribution in [0.1, 0.15) is 55.8 Å². The first kappa shape index (κ1) is 25.7. The first-order valence-electron chi connectivity index (χ1n) is 11.1. The van der Waals surface area contributed by atoms with E-state index in [4.69, 9.17) is 23.2 Å². The number of nitrogens with one attached hydrogen (secondary N) is 1. The Balaban J connectivity index is 1.90. The van der Waals surface area contributed by atoms with Crippen LogP contribution in [0.15, 0.2) is 55.1 Å². The van der Waals surface area contributed by atoms with Gasteiger partial charge in [0, 0.05) is 17.5 Å². The number of benzene rings is 2. The van der Waals surface area contributed by atoms with Gasteiger partial charge in [0.05, 0.1) is 22.6 Å². The predicted octanol–water partition coefficient (Wildman–Crippen LogP) is 5.81. The molecular weight excluding hydrogens is 464 g/mol. The monoisotopic (exact) mass is 493 g/mol. The van der Waals surface area contributed by atoms with Gasteiger partial charge in [-0.2, -0.15) is 0 Å². The van der Waals surface area contributed by atoms with Gasteiger partial charge in [0.15, 0.2) is 0 Å². The van der Waals surface area contributed by atoms with Crippen LogP contribution >= 0.6 is 23.2 Å². The van der Waals surface area contributed by atoms with Gasteiger partial charge < -0.3 is 15.5 Å². The third kappa shape index (κ3) is 6.57. The van der Waals surface area contributed by atoms with Gasteiger partial charge >= 0.3 is 0 Å². The van der Waals surface area contributed by atoms with Crippen molar-refractivity contribution in [1.82, 2.24) is 5.32 Å². The molecule has 33 heavy (non-hydrogen) atoms. The second kappa shape index (κ2) is 11.0. The second-order valence-corrected chi connectivity index (χ2v) is 10.00. The molecule has 0 spiro atoms. The van der Waals surface area contributed by atoms with Crippen molar-refractivity contribution in [2.45, 2.75) is 50.7 Å². The molecule has 1 unspecified atom stereocenters. The summed E-state index contributed by atoms with van der Waals surface area (Å²) in [6.45, 7) is 5.79. The van der Waals surface area contributed by atoms with Gasteiger partial charge in [-0.3, -0.25) is 4.79 Å². The molecule has 1 aliphatic rings. The molecule has 2 aromatic rings. The fourth-order valence-corrected chi connectivity index (χ4v) is 4.52. The van der Waals surface area contributed by atoms with Crippen molar-refractivity contribution in [3.8, 4) is 0 Å². The Bertz CT molecular complexity index is 997. The number of allylic oxidation sites excluding steroid dienone is 1. The number of halogens is 3. The molecule has 0 heterocycles. The summed E-state index contributed by atoms with van der Waals surface area (Å²) in [7, 11) is 0. The van der Waals surface area contributed by atoms with Crippen LogP contribution in [0, 0.1) is 17.2 Å². The maximum Gasteiger partial charge on any atom is 0.226 e. The number of aliphatic hydroxyl groups is 2. The molecular formula is C26H30Cl2FNO3. The highest BCUT2D eigenvalue weighted by Crippen LogP contribution is 2.43. The van der Waals surface area contributed by atoms with Crippen LogP contribution in [0.3, 0.4) is 0 Å². The van der Waals surface area contributed by atoms with Crippen LogP contribution in [0.4, 0.5) is 4.39 Å². The number of carbonyl (C=O) groups excluding carboxylic acids is 1. The number of hydrogen-bond acceptors (Lipinski definition) is 3. The highest BCUT2D eigenvalue weighted by atomic mass is 35.5. The smallest absolute Gasteiger partial charge is 0.226 e. The van der Waals surface area contributed by atoms with Crippen molar-refractivity contribution < 1.29 is 19.4 Å². The van der Waals surface area contributed by atoms with Crippen LogP contribution in [-0.4, -0.2) is 28.8 Å². The maximum absolute atomic E-state index is 14.1. The van der Waals surface area contributed by atoms with E-state index in [2.05, 4.69) is 11.9 Å². The summed E-state index contributed by atoms with van der Waals surface area (Å²) in [4.78, 5) is 13.2. The van der Waals surface area contributed by atoms with Gasteiger partial charge in [-0.05, 0) is 67.0 Å². The summed E-state index contributed by atoms with van der Waals surface area (Å²) < 4.78 is 14.1. The van der Waals surface area contributed by atoms with E-state index in [1.54, 1.807) is 37.3 Å². The van der Waals surface area contributed by atoms with Gasteiger partial charge in [-0.15, -0.1) is 6.58 Å². The summed E-state index contributed by atoms with van der Waals surface area (Å²) >= 11 is 12.0. The Morgan fingerprint density at radius 3 is 2.58 bits per heavy atom. The molecule has 1 saturated carbocycles. The van der Waals surface area contributed by atoms with Gasteiger partial charge in [-0.25, -0.2) is 4.39 Å². The lowest BCUT2D eigenvalue weighted by Crippen LogP contribution is -2.43. The van der Waals surface area contributed by atoms with E-state index in [0.29, 0.717) is 17.0 Å².